The van der Waals surface area contributed by atoms with Gasteiger partial charge in [-0.2, -0.15) is 0 Å². The summed E-state index contributed by atoms with van der Waals surface area (Å²) in [5.41, 5.74) is 0.476. The second-order valence-electron chi connectivity index (χ2n) is 5.49. The molecule has 0 aromatic heterocycles. The Kier molecular flexibility index (Phi) is 3.65. The van der Waals surface area contributed by atoms with Crippen LogP contribution in [0, 0.1) is 5.41 Å². The molecule has 88 valence electrons. The molecule has 15 heavy (non-hydrogen) atoms. The van der Waals surface area contributed by atoms with Crippen molar-refractivity contribution in [3.8, 4) is 0 Å². The molecule has 0 aliphatic carbocycles. The Balaban J connectivity index is 1.88. The van der Waals surface area contributed by atoms with E-state index in [4.69, 9.17) is 4.74 Å². The summed E-state index contributed by atoms with van der Waals surface area (Å²) in [5.74, 6) is 0. The van der Waals surface area contributed by atoms with Gasteiger partial charge in [0.25, 0.3) is 0 Å². The largest absolute Gasteiger partial charge is 0.379 e. The van der Waals surface area contributed by atoms with E-state index in [9.17, 15) is 0 Å². The zero-order chi connectivity index (χ0) is 10.7. The van der Waals surface area contributed by atoms with Crippen LogP contribution >= 0.6 is 0 Å². The number of hydrogen-bond acceptors (Lipinski definition) is 3. The molecule has 0 amide bonds. The lowest BCUT2D eigenvalue weighted by atomic mass is 9.82. The fraction of sp³-hybridized carbons (Fsp3) is 1.00. The van der Waals surface area contributed by atoms with Gasteiger partial charge in [0, 0.05) is 25.7 Å². The number of hydrogen-bond donors (Lipinski definition) is 1. The van der Waals surface area contributed by atoms with Crippen molar-refractivity contribution < 1.29 is 4.74 Å². The first kappa shape index (κ1) is 11.4. The Bertz CT molecular complexity index is 202. The van der Waals surface area contributed by atoms with E-state index in [1.54, 1.807) is 0 Å². The van der Waals surface area contributed by atoms with Gasteiger partial charge in [0.1, 0.15) is 0 Å². The molecule has 2 atom stereocenters. The maximum Gasteiger partial charge on any atom is 0.0619 e. The molecule has 2 rings (SSSR count). The average Bonchev–Trinajstić information content (AvgIpc) is 2.22. The molecule has 2 saturated heterocycles. The van der Waals surface area contributed by atoms with Crippen LogP contribution in [0.15, 0.2) is 0 Å². The first-order valence-corrected chi connectivity index (χ1v) is 6.22. The minimum absolute atomic E-state index is 0.476. The van der Waals surface area contributed by atoms with Gasteiger partial charge < -0.3 is 10.1 Å². The van der Waals surface area contributed by atoms with Gasteiger partial charge in [0.15, 0.2) is 0 Å². The lowest BCUT2D eigenvalue weighted by Gasteiger charge is -2.42. The molecule has 3 nitrogen and oxygen atoms in total. The maximum atomic E-state index is 5.48. The Morgan fingerprint density at radius 2 is 2.40 bits per heavy atom. The third kappa shape index (κ3) is 2.92. The molecule has 2 heterocycles. The predicted molar refractivity (Wildman–Crippen MR) is 62.1 cm³/mol. The minimum Gasteiger partial charge on any atom is -0.379 e. The maximum absolute atomic E-state index is 5.48. The van der Waals surface area contributed by atoms with Crippen LogP contribution in [0.4, 0.5) is 0 Å². The highest BCUT2D eigenvalue weighted by atomic mass is 16.5. The van der Waals surface area contributed by atoms with Crippen molar-refractivity contribution in [2.75, 3.05) is 39.4 Å². The first-order chi connectivity index (χ1) is 7.20. The summed E-state index contributed by atoms with van der Waals surface area (Å²) in [6.07, 6.45) is 2.69. The molecule has 0 radical (unpaired) electrons. The van der Waals surface area contributed by atoms with E-state index in [-0.39, 0.29) is 0 Å². The van der Waals surface area contributed by atoms with Crippen LogP contribution in [0.1, 0.15) is 26.7 Å². The third-order valence-electron chi connectivity index (χ3n) is 3.78. The van der Waals surface area contributed by atoms with Gasteiger partial charge in [-0.05, 0) is 31.7 Å². The molecule has 2 unspecified atom stereocenters. The van der Waals surface area contributed by atoms with Crippen molar-refractivity contribution in [2.45, 2.75) is 32.7 Å². The highest BCUT2D eigenvalue weighted by Gasteiger charge is 2.31. The fourth-order valence-electron chi connectivity index (χ4n) is 2.74. The Morgan fingerprint density at radius 3 is 3.07 bits per heavy atom. The second kappa shape index (κ2) is 4.81. The van der Waals surface area contributed by atoms with Crippen LogP contribution in [0.2, 0.25) is 0 Å². The second-order valence-corrected chi connectivity index (χ2v) is 5.49. The number of morpholine rings is 1. The summed E-state index contributed by atoms with van der Waals surface area (Å²) in [7, 11) is 0. The Morgan fingerprint density at radius 1 is 1.53 bits per heavy atom. The zero-order valence-electron chi connectivity index (χ0n) is 10.1. The van der Waals surface area contributed by atoms with Gasteiger partial charge in [0.05, 0.1) is 13.2 Å². The zero-order valence-corrected chi connectivity index (χ0v) is 10.1. The standard InChI is InChI=1S/C12H24N2O/c1-11-8-15-7-6-14(11)10-12(2)4-3-5-13-9-12/h11,13H,3-10H2,1-2H3. The fourth-order valence-corrected chi connectivity index (χ4v) is 2.74. The number of ether oxygens (including phenoxy) is 1. The van der Waals surface area contributed by atoms with Crippen molar-refractivity contribution in [1.82, 2.24) is 10.2 Å². The summed E-state index contributed by atoms with van der Waals surface area (Å²) < 4.78 is 5.48. The number of nitrogens with one attached hydrogen (secondary N) is 1. The summed E-state index contributed by atoms with van der Waals surface area (Å²) >= 11 is 0. The minimum atomic E-state index is 0.476. The topological polar surface area (TPSA) is 24.5 Å². The van der Waals surface area contributed by atoms with Gasteiger partial charge in [-0.1, -0.05) is 6.92 Å². The van der Waals surface area contributed by atoms with Gasteiger partial charge in [-0.25, -0.2) is 0 Å². The summed E-state index contributed by atoms with van der Waals surface area (Å²) in [6.45, 7) is 11.2. The predicted octanol–water partition coefficient (Wildman–Crippen LogP) is 1.10. The van der Waals surface area contributed by atoms with Crippen molar-refractivity contribution in [3.05, 3.63) is 0 Å². The normalized spacial score (nSPS) is 39.2. The van der Waals surface area contributed by atoms with E-state index in [2.05, 4.69) is 24.1 Å². The molecule has 2 aliphatic rings. The third-order valence-corrected chi connectivity index (χ3v) is 3.78. The molecule has 0 saturated carbocycles. The van der Waals surface area contributed by atoms with Gasteiger partial charge in [-0.3, -0.25) is 4.90 Å². The molecule has 1 N–H and O–H groups in total. The van der Waals surface area contributed by atoms with E-state index in [1.807, 2.05) is 0 Å². The van der Waals surface area contributed by atoms with Crippen LogP contribution in [-0.4, -0.2) is 50.3 Å². The van der Waals surface area contributed by atoms with Gasteiger partial charge in [-0.15, -0.1) is 0 Å². The van der Waals surface area contributed by atoms with Crippen molar-refractivity contribution in [2.24, 2.45) is 5.41 Å². The van der Waals surface area contributed by atoms with Crippen LogP contribution in [-0.2, 0) is 4.74 Å². The molecule has 0 aromatic rings. The number of piperidine rings is 1. The summed E-state index contributed by atoms with van der Waals surface area (Å²) in [5, 5.41) is 3.52. The first-order valence-electron chi connectivity index (χ1n) is 6.22. The molecule has 0 aromatic carbocycles. The van der Waals surface area contributed by atoms with E-state index < -0.39 is 0 Å². The number of nitrogens with zero attached hydrogens (tertiary/aromatic N) is 1. The van der Waals surface area contributed by atoms with Gasteiger partial charge in [0.2, 0.25) is 0 Å². The lowest BCUT2D eigenvalue weighted by Crippen LogP contribution is -2.52. The molecule has 2 fully saturated rings. The molecule has 0 spiro atoms. The SMILES string of the molecule is CC1COCCN1CC1(C)CCCNC1. The van der Waals surface area contributed by atoms with E-state index in [0.717, 1.165) is 19.8 Å². The highest BCUT2D eigenvalue weighted by Crippen LogP contribution is 2.27. The van der Waals surface area contributed by atoms with E-state index >= 15 is 0 Å². The smallest absolute Gasteiger partial charge is 0.0619 e. The summed E-state index contributed by atoms with van der Waals surface area (Å²) in [6, 6.07) is 0.595. The molecule has 0 bridgehead atoms. The van der Waals surface area contributed by atoms with Crippen LogP contribution in [0.5, 0.6) is 0 Å². The molecular weight excluding hydrogens is 188 g/mol. The lowest BCUT2D eigenvalue weighted by molar-refractivity contribution is -0.0214. The van der Waals surface area contributed by atoms with E-state index in [0.29, 0.717) is 11.5 Å². The van der Waals surface area contributed by atoms with Crippen LogP contribution in [0.3, 0.4) is 0 Å². The van der Waals surface area contributed by atoms with Crippen molar-refractivity contribution >= 4 is 0 Å². The summed E-state index contributed by atoms with van der Waals surface area (Å²) in [4.78, 5) is 2.59. The van der Waals surface area contributed by atoms with E-state index in [1.165, 1.54) is 32.5 Å². The Hall–Kier alpha value is -0.120. The van der Waals surface area contributed by atoms with Crippen molar-refractivity contribution in [3.63, 3.8) is 0 Å². The molecular formula is C12H24N2O. The molecule has 3 heteroatoms. The van der Waals surface area contributed by atoms with Crippen molar-refractivity contribution in [1.29, 1.82) is 0 Å². The van der Waals surface area contributed by atoms with Gasteiger partial charge >= 0.3 is 0 Å². The average molecular weight is 212 g/mol. The van der Waals surface area contributed by atoms with Crippen LogP contribution < -0.4 is 5.32 Å². The molecule has 2 aliphatic heterocycles. The van der Waals surface area contributed by atoms with Crippen LogP contribution in [0.25, 0.3) is 0 Å². The quantitative estimate of drug-likeness (QED) is 0.742. The number of rotatable bonds is 2. The monoisotopic (exact) mass is 212 g/mol. The highest BCUT2D eigenvalue weighted by molar-refractivity contribution is 4.86. The Labute approximate surface area is 93.2 Å².